The molecule has 1 saturated carbocycles. The van der Waals surface area contributed by atoms with Crippen LogP contribution in [0.15, 0.2) is 24.3 Å². The van der Waals surface area contributed by atoms with Crippen molar-refractivity contribution < 1.29 is 14.3 Å². The maximum Gasteiger partial charge on any atom is 0.309 e. The second-order valence-corrected chi connectivity index (χ2v) is 4.51. The van der Waals surface area contributed by atoms with Crippen molar-refractivity contribution in [2.45, 2.75) is 25.7 Å². The molecule has 0 N–H and O–H groups in total. The van der Waals surface area contributed by atoms with Crippen molar-refractivity contribution in [3.8, 4) is 5.75 Å². The average molecular weight is 234 g/mol. The second-order valence-electron chi connectivity index (χ2n) is 4.51. The Bertz CT molecular complexity index is 383. The van der Waals surface area contributed by atoms with Crippen LogP contribution in [0.25, 0.3) is 0 Å². The van der Waals surface area contributed by atoms with Crippen molar-refractivity contribution in [3.63, 3.8) is 0 Å². The second kappa shape index (κ2) is 5.71. The van der Waals surface area contributed by atoms with Crippen molar-refractivity contribution in [2.24, 2.45) is 5.92 Å². The van der Waals surface area contributed by atoms with Crippen LogP contribution in [0.3, 0.4) is 0 Å². The summed E-state index contributed by atoms with van der Waals surface area (Å²) < 4.78 is 10.4. The fourth-order valence-electron chi connectivity index (χ4n) is 1.86. The minimum Gasteiger partial charge on any atom is -0.493 e. The van der Waals surface area contributed by atoms with Gasteiger partial charge < -0.3 is 9.47 Å². The summed E-state index contributed by atoms with van der Waals surface area (Å²) in [5.41, 5.74) is 0.933. The van der Waals surface area contributed by atoms with Gasteiger partial charge in [0, 0.05) is 0 Å². The van der Waals surface area contributed by atoms with Crippen molar-refractivity contribution in [1.29, 1.82) is 0 Å². The van der Waals surface area contributed by atoms with Crippen LogP contribution in [0.2, 0.25) is 0 Å². The first-order valence-corrected chi connectivity index (χ1v) is 6.06. The molecule has 17 heavy (non-hydrogen) atoms. The average Bonchev–Trinajstić information content (AvgIpc) is 2.27. The molecular weight excluding hydrogens is 216 g/mol. The summed E-state index contributed by atoms with van der Waals surface area (Å²) in [6.45, 7) is 0.793. The number of rotatable bonds is 5. The maximum atomic E-state index is 11.2. The van der Waals surface area contributed by atoms with Crippen LogP contribution >= 0.6 is 0 Å². The molecule has 0 spiro atoms. The van der Waals surface area contributed by atoms with Crippen LogP contribution in [0.5, 0.6) is 5.75 Å². The fraction of sp³-hybridized carbons (Fsp3) is 0.500. The van der Waals surface area contributed by atoms with Gasteiger partial charge in [0.25, 0.3) is 0 Å². The molecule has 0 aromatic heterocycles. The van der Waals surface area contributed by atoms with Gasteiger partial charge in [0.05, 0.1) is 20.1 Å². The number of carbonyl (C=O) groups is 1. The molecule has 2 rings (SSSR count). The van der Waals surface area contributed by atoms with Crippen molar-refractivity contribution >= 4 is 5.97 Å². The Kier molecular flexibility index (Phi) is 4.02. The highest BCUT2D eigenvalue weighted by atomic mass is 16.5. The molecule has 1 aliphatic carbocycles. The molecule has 3 heteroatoms. The molecule has 0 saturated heterocycles. The van der Waals surface area contributed by atoms with E-state index in [1.807, 2.05) is 24.3 Å². The van der Waals surface area contributed by atoms with Gasteiger partial charge in [0.1, 0.15) is 5.75 Å². The third-order valence-electron chi connectivity index (χ3n) is 3.19. The zero-order chi connectivity index (χ0) is 12.1. The predicted octanol–water partition coefficient (Wildman–Crippen LogP) is 2.58. The summed E-state index contributed by atoms with van der Waals surface area (Å²) in [4.78, 5) is 11.2. The van der Waals surface area contributed by atoms with Crippen LogP contribution in [0, 0.1) is 5.92 Å². The lowest BCUT2D eigenvalue weighted by Crippen LogP contribution is -2.19. The number of carbonyl (C=O) groups excluding carboxylic acids is 1. The molecule has 0 heterocycles. The topological polar surface area (TPSA) is 35.5 Å². The number of esters is 1. The van der Waals surface area contributed by atoms with E-state index in [0.717, 1.165) is 23.8 Å². The molecule has 1 fully saturated rings. The van der Waals surface area contributed by atoms with Gasteiger partial charge in [-0.05, 0) is 36.5 Å². The lowest BCUT2D eigenvalue weighted by molar-refractivity contribution is -0.139. The molecule has 0 unspecified atom stereocenters. The first-order valence-electron chi connectivity index (χ1n) is 6.06. The Morgan fingerprint density at radius 3 is 2.88 bits per heavy atom. The highest BCUT2D eigenvalue weighted by Crippen LogP contribution is 2.27. The normalized spacial score (nSPS) is 15.1. The van der Waals surface area contributed by atoms with E-state index in [4.69, 9.17) is 4.74 Å². The predicted molar refractivity (Wildman–Crippen MR) is 65.0 cm³/mol. The summed E-state index contributed by atoms with van der Waals surface area (Å²) >= 11 is 0. The number of hydrogen-bond donors (Lipinski definition) is 0. The minimum atomic E-state index is -0.221. The van der Waals surface area contributed by atoms with Gasteiger partial charge in [-0.15, -0.1) is 0 Å². The van der Waals surface area contributed by atoms with Crippen LogP contribution in [-0.4, -0.2) is 19.7 Å². The van der Waals surface area contributed by atoms with Crippen molar-refractivity contribution in [3.05, 3.63) is 29.8 Å². The highest BCUT2D eigenvalue weighted by molar-refractivity contribution is 5.72. The van der Waals surface area contributed by atoms with Gasteiger partial charge in [0.15, 0.2) is 0 Å². The number of hydrogen-bond acceptors (Lipinski definition) is 3. The summed E-state index contributed by atoms with van der Waals surface area (Å²) in [6, 6.07) is 7.66. The Labute approximate surface area is 102 Å². The van der Waals surface area contributed by atoms with Gasteiger partial charge in [-0.1, -0.05) is 18.6 Å². The van der Waals surface area contributed by atoms with Gasteiger partial charge in [0.2, 0.25) is 0 Å². The molecule has 0 bridgehead atoms. The lowest BCUT2D eigenvalue weighted by Gasteiger charge is -2.25. The Balaban J connectivity index is 1.88. The fourth-order valence-corrected chi connectivity index (χ4v) is 1.86. The smallest absolute Gasteiger partial charge is 0.309 e. The van der Waals surface area contributed by atoms with E-state index >= 15 is 0 Å². The first-order chi connectivity index (χ1) is 8.28. The van der Waals surface area contributed by atoms with Gasteiger partial charge in [-0.2, -0.15) is 0 Å². The molecule has 3 nitrogen and oxygen atoms in total. The van der Waals surface area contributed by atoms with Crippen molar-refractivity contribution in [2.75, 3.05) is 13.7 Å². The molecule has 0 atom stereocenters. The molecule has 1 aliphatic rings. The maximum absolute atomic E-state index is 11.2. The van der Waals surface area contributed by atoms with Crippen molar-refractivity contribution in [1.82, 2.24) is 0 Å². The van der Waals surface area contributed by atoms with Gasteiger partial charge in [-0.25, -0.2) is 0 Å². The molecule has 1 aromatic carbocycles. The SMILES string of the molecule is COC(=O)Cc1cccc(OCC2CCC2)c1. The molecule has 0 amide bonds. The van der Waals surface area contributed by atoms with Crippen LogP contribution in [-0.2, 0) is 16.0 Å². The zero-order valence-corrected chi connectivity index (χ0v) is 10.1. The Hall–Kier alpha value is -1.51. The van der Waals surface area contributed by atoms with Gasteiger partial charge in [-0.3, -0.25) is 4.79 Å². The van der Waals surface area contributed by atoms with Gasteiger partial charge >= 0.3 is 5.97 Å². The summed E-state index contributed by atoms with van der Waals surface area (Å²) in [5.74, 6) is 1.35. The van der Waals surface area contributed by atoms with Crippen LogP contribution < -0.4 is 4.74 Å². The monoisotopic (exact) mass is 234 g/mol. The summed E-state index contributed by atoms with van der Waals surface area (Å²) in [5, 5.41) is 0. The van der Waals surface area contributed by atoms with Crippen LogP contribution in [0.1, 0.15) is 24.8 Å². The number of ether oxygens (including phenoxy) is 2. The van der Waals surface area contributed by atoms with E-state index in [9.17, 15) is 4.79 Å². The minimum absolute atomic E-state index is 0.221. The van der Waals surface area contributed by atoms with E-state index in [1.165, 1.54) is 26.4 Å². The Morgan fingerprint density at radius 2 is 2.24 bits per heavy atom. The summed E-state index contributed by atoms with van der Waals surface area (Å²) in [6.07, 6.45) is 4.19. The van der Waals surface area contributed by atoms with E-state index < -0.39 is 0 Å². The first kappa shape index (κ1) is 12.0. The van der Waals surface area contributed by atoms with Crippen LogP contribution in [0.4, 0.5) is 0 Å². The van der Waals surface area contributed by atoms with E-state index in [-0.39, 0.29) is 5.97 Å². The molecule has 0 aliphatic heterocycles. The van der Waals surface area contributed by atoms with E-state index in [2.05, 4.69) is 4.74 Å². The highest BCUT2D eigenvalue weighted by Gasteiger charge is 2.17. The molecule has 1 aromatic rings. The zero-order valence-electron chi connectivity index (χ0n) is 10.1. The molecular formula is C14H18O3. The number of benzene rings is 1. The standard InChI is InChI=1S/C14H18O3/c1-16-14(15)9-12-6-3-7-13(8-12)17-10-11-4-2-5-11/h3,6-8,11H,2,4-5,9-10H2,1H3. The molecule has 0 radical (unpaired) electrons. The third kappa shape index (κ3) is 3.48. The largest absolute Gasteiger partial charge is 0.493 e. The third-order valence-corrected chi connectivity index (χ3v) is 3.19. The quantitative estimate of drug-likeness (QED) is 0.734. The van der Waals surface area contributed by atoms with E-state index in [1.54, 1.807) is 0 Å². The van der Waals surface area contributed by atoms with E-state index in [0.29, 0.717) is 6.42 Å². The summed E-state index contributed by atoms with van der Waals surface area (Å²) in [7, 11) is 1.40. The molecule has 92 valence electrons. The Morgan fingerprint density at radius 1 is 1.41 bits per heavy atom. The lowest BCUT2D eigenvalue weighted by atomic mass is 9.86. The number of methoxy groups -OCH3 is 1.